The van der Waals surface area contributed by atoms with E-state index in [0.29, 0.717) is 0 Å². The van der Waals surface area contributed by atoms with E-state index in [2.05, 4.69) is 29.4 Å². The van der Waals surface area contributed by atoms with Gasteiger partial charge in [-0.15, -0.1) is 11.8 Å². The Morgan fingerprint density at radius 3 is 3.17 bits per heavy atom. The second-order valence-corrected chi connectivity index (χ2v) is 3.37. The van der Waals surface area contributed by atoms with Crippen LogP contribution in [0.5, 0.6) is 0 Å². The lowest BCUT2D eigenvalue weighted by atomic mass is 10.2. The van der Waals surface area contributed by atoms with Crippen LogP contribution in [0.1, 0.15) is 0 Å². The van der Waals surface area contributed by atoms with Crippen LogP contribution in [0.25, 0.3) is 10.9 Å². The van der Waals surface area contributed by atoms with Crippen LogP contribution >= 0.6 is 11.8 Å². The Morgan fingerprint density at radius 1 is 1.42 bits per heavy atom. The molecule has 1 radical (unpaired) electrons. The highest BCUT2D eigenvalue weighted by Crippen LogP contribution is 2.19. The Hall–Kier alpha value is -1.02. The zero-order valence-electron chi connectivity index (χ0n) is 6.74. The van der Waals surface area contributed by atoms with Crippen molar-refractivity contribution in [2.45, 2.75) is 4.90 Å². The minimum absolute atomic E-state index is 1.03. The second kappa shape index (κ2) is 3.15. The summed E-state index contributed by atoms with van der Waals surface area (Å²) in [5, 5.41) is 1.16. The monoisotopic (exact) mass is 174 g/mol. The summed E-state index contributed by atoms with van der Waals surface area (Å²) in [5.74, 6) is 0. The first kappa shape index (κ1) is 7.62. The lowest BCUT2D eigenvalue weighted by molar-refractivity contribution is 1.38. The van der Waals surface area contributed by atoms with Crippen LogP contribution in [0, 0.1) is 6.07 Å². The molecule has 1 heterocycles. The molecule has 2 aromatic rings. The number of aromatic nitrogens is 1. The van der Waals surface area contributed by atoms with Crippen LogP contribution in [-0.4, -0.2) is 11.2 Å². The van der Waals surface area contributed by atoms with Crippen LogP contribution < -0.4 is 0 Å². The predicted octanol–water partition coefficient (Wildman–Crippen LogP) is 2.76. The van der Waals surface area contributed by atoms with Crippen LogP contribution in [0.2, 0.25) is 0 Å². The van der Waals surface area contributed by atoms with E-state index in [0.717, 1.165) is 10.9 Å². The molecule has 0 unspecified atom stereocenters. The number of rotatable bonds is 1. The van der Waals surface area contributed by atoms with Crippen molar-refractivity contribution in [3.63, 3.8) is 0 Å². The number of hydrogen-bond acceptors (Lipinski definition) is 2. The number of thioether (sulfide) groups is 1. The summed E-state index contributed by atoms with van der Waals surface area (Å²) >= 11 is 1.74. The molecular formula is C10H8NS. The van der Waals surface area contributed by atoms with Gasteiger partial charge in [-0.25, -0.2) is 0 Å². The fourth-order valence-corrected chi connectivity index (χ4v) is 1.58. The number of fused-ring (bicyclic) bond motifs is 1. The average molecular weight is 174 g/mol. The maximum atomic E-state index is 4.19. The summed E-state index contributed by atoms with van der Waals surface area (Å²) in [6.45, 7) is 0. The lowest BCUT2D eigenvalue weighted by Crippen LogP contribution is -1.77. The third kappa shape index (κ3) is 1.30. The van der Waals surface area contributed by atoms with Gasteiger partial charge in [-0.05, 0) is 30.5 Å². The normalized spacial score (nSPS) is 10.4. The molecule has 0 amide bonds. The minimum Gasteiger partial charge on any atom is -0.256 e. The standard InChI is InChI=1S/C10H8NS/c1-12-9-4-5-10-8(7-9)3-2-6-11-10/h3-7H,1H3. The minimum atomic E-state index is 1.03. The molecule has 2 rings (SSSR count). The van der Waals surface area contributed by atoms with Gasteiger partial charge in [0.1, 0.15) is 0 Å². The Bertz CT molecular complexity index is 398. The summed E-state index contributed by atoms with van der Waals surface area (Å²) in [6.07, 6.45) is 3.77. The van der Waals surface area contributed by atoms with Gasteiger partial charge in [-0.1, -0.05) is 0 Å². The molecule has 0 fully saturated rings. The van der Waals surface area contributed by atoms with E-state index in [-0.39, 0.29) is 0 Å². The number of hydrogen-bond donors (Lipinski definition) is 0. The molecule has 0 aliphatic rings. The van der Waals surface area contributed by atoms with Crippen molar-refractivity contribution in [3.8, 4) is 0 Å². The smallest absolute Gasteiger partial charge is 0.0703 e. The molecule has 0 atom stereocenters. The zero-order valence-corrected chi connectivity index (χ0v) is 7.56. The predicted molar refractivity (Wildman–Crippen MR) is 52.4 cm³/mol. The fraction of sp³-hybridized carbons (Fsp3) is 0.100. The van der Waals surface area contributed by atoms with E-state index >= 15 is 0 Å². The van der Waals surface area contributed by atoms with Crippen LogP contribution in [-0.2, 0) is 0 Å². The van der Waals surface area contributed by atoms with Crippen molar-refractivity contribution in [2.75, 3.05) is 6.26 Å². The van der Waals surface area contributed by atoms with Gasteiger partial charge in [-0.2, -0.15) is 0 Å². The van der Waals surface area contributed by atoms with Gasteiger partial charge in [0.15, 0.2) is 0 Å². The largest absolute Gasteiger partial charge is 0.256 e. The highest BCUT2D eigenvalue weighted by molar-refractivity contribution is 7.98. The highest BCUT2D eigenvalue weighted by Gasteiger charge is 1.94. The molecular weight excluding hydrogens is 166 g/mol. The second-order valence-electron chi connectivity index (χ2n) is 2.49. The van der Waals surface area contributed by atoms with Crippen molar-refractivity contribution in [1.29, 1.82) is 0 Å². The third-order valence-corrected chi connectivity index (χ3v) is 2.48. The first-order chi connectivity index (χ1) is 5.90. The molecule has 0 saturated heterocycles. The van der Waals surface area contributed by atoms with Gasteiger partial charge in [0.05, 0.1) is 5.52 Å². The van der Waals surface area contributed by atoms with Crippen molar-refractivity contribution >= 4 is 22.7 Å². The van der Waals surface area contributed by atoms with Gasteiger partial charge in [-0.3, -0.25) is 4.98 Å². The molecule has 0 bridgehead atoms. The van der Waals surface area contributed by atoms with Gasteiger partial charge in [0.25, 0.3) is 0 Å². The van der Waals surface area contributed by atoms with E-state index in [1.807, 2.05) is 12.1 Å². The summed E-state index contributed by atoms with van der Waals surface area (Å²) < 4.78 is 0. The van der Waals surface area contributed by atoms with Crippen molar-refractivity contribution < 1.29 is 0 Å². The number of pyridine rings is 1. The molecule has 0 spiro atoms. The highest BCUT2D eigenvalue weighted by atomic mass is 32.2. The van der Waals surface area contributed by atoms with E-state index in [1.54, 1.807) is 18.0 Å². The van der Waals surface area contributed by atoms with E-state index in [1.165, 1.54) is 4.90 Å². The van der Waals surface area contributed by atoms with Crippen LogP contribution in [0.4, 0.5) is 0 Å². The molecule has 1 nitrogen and oxygen atoms in total. The summed E-state index contributed by atoms with van der Waals surface area (Å²) in [6, 6.07) is 11.2. The SMILES string of the molecule is CSc1ccc2nc[c]cc2c1. The first-order valence-corrected chi connectivity index (χ1v) is 4.92. The summed E-state index contributed by atoms with van der Waals surface area (Å²) in [5.41, 5.74) is 1.03. The lowest BCUT2D eigenvalue weighted by Gasteiger charge is -1.98. The molecule has 2 heteroatoms. The van der Waals surface area contributed by atoms with Gasteiger partial charge >= 0.3 is 0 Å². The Labute approximate surface area is 75.8 Å². The summed E-state index contributed by atoms with van der Waals surface area (Å²) in [4.78, 5) is 5.46. The molecule has 0 aliphatic heterocycles. The van der Waals surface area contributed by atoms with Crippen LogP contribution in [0.15, 0.2) is 35.4 Å². The molecule has 59 valence electrons. The first-order valence-electron chi connectivity index (χ1n) is 3.70. The topological polar surface area (TPSA) is 12.9 Å². The fourth-order valence-electron chi connectivity index (χ4n) is 1.13. The van der Waals surface area contributed by atoms with Crippen molar-refractivity contribution in [2.24, 2.45) is 0 Å². The quantitative estimate of drug-likeness (QED) is 0.616. The third-order valence-electron chi connectivity index (χ3n) is 1.75. The molecule has 0 aliphatic carbocycles. The van der Waals surface area contributed by atoms with Gasteiger partial charge < -0.3 is 0 Å². The molecule has 1 aromatic carbocycles. The molecule has 0 saturated carbocycles. The van der Waals surface area contributed by atoms with Crippen molar-refractivity contribution in [1.82, 2.24) is 4.98 Å². The molecule has 12 heavy (non-hydrogen) atoms. The summed E-state index contributed by atoms with van der Waals surface area (Å²) in [7, 11) is 0. The van der Waals surface area contributed by atoms with Gasteiger partial charge in [0, 0.05) is 22.5 Å². The Morgan fingerprint density at radius 2 is 2.33 bits per heavy atom. The molecule has 0 N–H and O–H groups in total. The van der Waals surface area contributed by atoms with E-state index in [9.17, 15) is 0 Å². The maximum Gasteiger partial charge on any atom is 0.0703 e. The van der Waals surface area contributed by atoms with Gasteiger partial charge in [0.2, 0.25) is 0 Å². The van der Waals surface area contributed by atoms with E-state index < -0.39 is 0 Å². The van der Waals surface area contributed by atoms with Crippen LogP contribution in [0.3, 0.4) is 0 Å². The Kier molecular flexibility index (Phi) is 2.00. The average Bonchev–Trinajstić information content (AvgIpc) is 2.17. The zero-order chi connectivity index (χ0) is 8.39. The molecule has 1 aromatic heterocycles. The Balaban J connectivity index is 2.67. The number of nitrogens with zero attached hydrogens (tertiary/aromatic N) is 1. The van der Waals surface area contributed by atoms with Crippen molar-refractivity contribution in [3.05, 3.63) is 36.5 Å². The number of benzene rings is 1. The van der Waals surface area contributed by atoms with E-state index in [4.69, 9.17) is 0 Å². The maximum absolute atomic E-state index is 4.19.